The van der Waals surface area contributed by atoms with E-state index in [2.05, 4.69) is 23.7 Å². The van der Waals surface area contributed by atoms with Crippen LogP contribution >= 0.6 is 23.2 Å². The van der Waals surface area contributed by atoms with Crippen LogP contribution in [0.1, 0.15) is 51.5 Å². The third-order valence-electron chi connectivity index (χ3n) is 4.02. The quantitative estimate of drug-likeness (QED) is 0.665. The molecule has 1 fully saturated rings. The highest BCUT2D eigenvalue weighted by Gasteiger charge is 2.25. The number of pyridine rings is 1. The van der Waals surface area contributed by atoms with Gasteiger partial charge in [-0.2, -0.15) is 0 Å². The molecule has 20 heavy (non-hydrogen) atoms. The van der Waals surface area contributed by atoms with Crippen molar-refractivity contribution < 1.29 is 0 Å². The Morgan fingerprint density at radius 1 is 1.35 bits per heavy atom. The summed E-state index contributed by atoms with van der Waals surface area (Å²) in [5.74, 6) is 2.09. The molecule has 1 aliphatic rings. The zero-order chi connectivity index (χ0) is 14.5. The van der Waals surface area contributed by atoms with Gasteiger partial charge >= 0.3 is 0 Å². The van der Waals surface area contributed by atoms with E-state index in [0.717, 1.165) is 22.9 Å². The molecule has 1 aromatic heterocycles. The van der Waals surface area contributed by atoms with Crippen molar-refractivity contribution in [2.75, 3.05) is 11.4 Å². The van der Waals surface area contributed by atoms with Gasteiger partial charge in [-0.25, -0.2) is 4.98 Å². The topological polar surface area (TPSA) is 16.1 Å². The SMILES string of the molecule is CC(C)CCN(c1ncc(CCl)cc1Cl)C1CCCC1. The smallest absolute Gasteiger partial charge is 0.147 e. The van der Waals surface area contributed by atoms with Crippen molar-refractivity contribution in [1.29, 1.82) is 0 Å². The molecular formula is C16H24Cl2N2. The van der Waals surface area contributed by atoms with Crippen LogP contribution in [0.5, 0.6) is 0 Å². The molecule has 0 saturated heterocycles. The number of halogens is 2. The lowest BCUT2D eigenvalue weighted by atomic mass is 10.1. The molecule has 0 N–H and O–H groups in total. The minimum atomic E-state index is 0.461. The maximum Gasteiger partial charge on any atom is 0.147 e. The van der Waals surface area contributed by atoms with Crippen molar-refractivity contribution in [3.63, 3.8) is 0 Å². The predicted molar refractivity (Wildman–Crippen MR) is 87.9 cm³/mol. The van der Waals surface area contributed by atoms with Crippen LogP contribution in [-0.4, -0.2) is 17.6 Å². The molecule has 112 valence electrons. The molecule has 0 atom stereocenters. The van der Waals surface area contributed by atoms with E-state index in [0.29, 0.717) is 17.8 Å². The second-order valence-corrected chi connectivity index (χ2v) is 6.77. The van der Waals surface area contributed by atoms with Crippen LogP contribution in [0.3, 0.4) is 0 Å². The minimum absolute atomic E-state index is 0.461. The number of aromatic nitrogens is 1. The Balaban J connectivity index is 2.20. The van der Waals surface area contributed by atoms with E-state index >= 15 is 0 Å². The average Bonchev–Trinajstić information content (AvgIpc) is 2.94. The molecule has 1 saturated carbocycles. The highest BCUT2D eigenvalue weighted by atomic mass is 35.5. The maximum absolute atomic E-state index is 6.43. The van der Waals surface area contributed by atoms with Gasteiger partial charge in [-0.3, -0.25) is 0 Å². The van der Waals surface area contributed by atoms with Gasteiger partial charge < -0.3 is 4.90 Å². The molecule has 0 bridgehead atoms. The second-order valence-electron chi connectivity index (χ2n) is 6.10. The number of nitrogens with zero attached hydrogens (tertiary/aromatic N) is 2. The molecule has 2 rings (SSSR count). The van der Waals surface area contributed by atoms with Crippen molar-refractivity contribution in [3.05, 3.63) is 22.8 Å². The summed E-state index contributed by atoms with van der Waals surface area (Å²) in [6, 6.07) is 2.55. The van der Waals surface area contributed by atoms with E-state index in [9.17, 15) is 0 Å². The summed E-state index contributed by atoms with van der Waals surface area (Å²) in [5.41, 5.74) is 0.982. The fraction of sp³-hybridized carbons (Fsp3) is 0.688. The fourth-order valence-corrected chi connectivity index (χ4v) is 3.27. The number of rotatable bonds is 6. The summed E-state index contributed by atoms with van der Waals surface area (Å²) in [6.07, 6.45) is 8.18. The molecule has 0 unspecified atom stereocenters. The average molecular weight is 315 g/mol. The summed E-state index contributed by atoms with van der Waals surface area (Å²) in [6.45, 7) is 5.56. The minimum Gasteiger partial charge on any atom is -0.352 e. The normalized spacial score (nSPS) is 16.1. The van der Waals surface area contributed by atoms with E-state index in [4.69, 9.17) is 23.2 Å². The number of anilines is 1. The van der Waals surface area contributed by atoms with Gasteiger partial charge in [0.05, 0.1) is 5.02 Å². The van der Waals surface area contributed by atoms with Crippen LogP contribution in [0.15, 0.2) is 12.3 Å². The molecule has 0 spiro atoms. The van der Waals surface area contributed by atoms with Crippen LogP contribution in [-0.2, 0) is 5.88 Å². The zero-order valence-electron chi connectivity index (χ0n) is 12.4. The molecule has 0 amide bonds. The van der Waals surface area contributed by atoms with Crippen LogP contribution in [0.4, 0.5) is 5.82 Å². The van der Waals surface area contributed by atoms with Crippen LogP contribution in [0, 0.1) is 5.92 Å². The lowest BCUT2D eigenvalue weighted by molar-refractivity contribution is 0.525. The molecule has 1 aromatic rings. The van der Waals surface area contributed by atoms with Crippen LogP contribution in [0.25, 0.3) is 0 Å². The van der Waals surface area contributed by atoms with Crippen molar-refractivity contribution in [3.8, 4) is 0 Å². The van der Waals surface area contributed by atoms with Crippen molar-refractivity contribution >= 4 is 29.0 Å². The van der Waals surface area contributed by atoms with Crippen molar-refractivity contribution in [2.45, 2.75) is 57.9 Å². The molecule has 2 nitrogen and oxygen atoms in total. The highest BCUT2D eigenvalue weighted by molar-refractivity contribution is 6.33. The van der Waals surface area contributed by atoms with Gasteiger partial charge in [0.25, 0.3) is 0 Å². The summed E-state index contributed by atoms with van der Waals surface area (Å²) in [7, 11) is 0. The largest absolute Gasteiger partial charge is 0.352 e. The summed E-state index contributed by atoms with van der Waals surface area (Å²) in [5, 5.41) is 0.735. The standard InChI is InChI=1S/C16H24Cl2N2/c1-12(2)7-8-20(14-5-3-4-6-14)16-15(18)9-13(10-17)11-19-16/h9,11-12,14H,3-8,10H2,1-2H3. The van der Waals surface area contributed by atoms with E-state index in [1.165, 1.54) is 32.1 Å². The first-order valence-electron chi connectivity index (χ1n) is 7.59. The van der Waals surface area contributed by atoms with Crippen molar-refractivity contribution in [1.82, 2.24) is 4.98 Å². The van der Waals surface area contributed by atoms with E-state index in [1.807, 2.05) is 12.3 Å². The molecule has 0 radical (unpaired) electrons. The molecular weight excluding hydrogens is 291 g/mol. The maximum atomic E-state index is 6.43. The third kappa shape index (κ3) is 4.02. The van der Waals surface area contributed by atoms with Crippen LogP contribution < -0.4 is 4.90 Å². The fourth-order valence-electron chi connectivity index (χ4n) is 2.83. The molecule has 4 heteroatoms. The van der Waals surface area contributed by atoms with Crippen LogP contribution in [0.2, 0.25) is 5.02 Å². The molecule has 0 aliphatic heterocycles. The summed E-state index contributed by atoms with van der Waals surface area (Å²) in [4.78, 5) is 7.01. The number of hydrogen-bond donors (Lipinski definition) is 0. The molecule has 0 aromatic carbocycles. The first-order chi connectivity index (χ1) is 9.61. The molecule has 1 heterocycles. The Hall–Kier alpha value is -0.470. The van der Waals surface area contributed by atoms with Gasteiger partial charge in [-0.15, -0.1) is 11.6 Å². The van der Waals surface area contributed by atoms with Gasteiger partial charge in [-0.05, 0) is 36.8 Å². The summed E-state index contributed by atoms with van der Waals surface area (Å²) >= 11 is 12.3. The van der Waals surface area contributed by atoms with E-state index < -0.39 is 0 Å². The highest BCUT2D eigenvalue weighted by Crippen LogP contribution is 2.32. The Morgan fingerprint density at radius 3 is 2.60 bits per heavy atom. The van der Waals surface area contributed by atoms with E-state index in [1.54, 1.807) is 0 Å². The van der Waals surface area contributed by atoms with Gasteiger partial charge in [0.1, 0.15) is 5.82 Å². The first kappa shape index (κ1) is 15.9. The zero-order valence-corrected chi connectivity index (χ0v) is 13.9. The Bertz CT molecular complexity index is 428. The molecule has 1 aliphatic carbocycles. The number of hydrogen-bond acceptors (Lipinski definition) is 2. The monoisotopic (exact) mass is 314 g/mol. The lowest BCUT2D eigenvalue weighted by Crippen LogP contribution is -2.35. The third-order valence-corrected chi connectivity index (χ3v) is 4.60. The van der Waals surface area contributed by atoms with E-state index in [-0.39, 0.29) is 0 Å². The Labute approximate surface area is 132 Å². The van der Waals surface area contributed by atoms with Gasteiger partial charge in [-0.1, -0.05) is 38.3 Å². The number of alkyl halides is 1. The predicted octanol–water partition coefficient (Wildman–Crippen LogP) is 5.27. The van der Waals surface area contributed by atoms with Gasteiger partial charge in [0, 0.05) is 24.7 Å². The van der Waals surface area contributed by atoms with Gasteiger partial charge in [0.15, 0.2) is 0 Å². The second kappa shape index (κ2) is 7.51. The Morgan fingerprint density at radius 2 is 2.05 bits per heavy atom. The van der Waals surface area contributed by atoms with Gasteiger partial charge in [0.2, 0.25) is 0 Å². The lowest BCUT2D eigenvalue weighted by Gasteiger charge is -2.31. The first-order valence-corrected chi connectivity index (χ1v) is 8.50. The van der Waals surface area contributed by atoms with Crippen molar-refractivity contribution in [2.24, 2.45) is 5.92 Å². The summed E-state index contributed by atoms with van der Waals surface area (Å²) < 4.78 is 0. The Kier molecular flexibility index (Phi) is 5.98.